The Labute approximate surface area is 118 Å². The molecule has 2 aromatic carbocycles. The summed E-state index contributed by atoms with van der Waals surface area (Å²) >= 11 is 0. The Balaban J connectivity index is 2.55. The normalized spacial score (nSPS) is 11.3. The number of nitrogens with zero attached hydrogens (tertiary/aromatic N) is 1. The van der Waals surface area contributed by atoms with Crippen LogP contribution in [0, 0.1) is 5.82 Å². The Bertz CT molecular complexity index is 667. The summed E-state index contributed by atoms with van der Waals surface area (Å²) in [7, 11) is 1.40. The first-order valence-electron chi connectivity index (χ1n) is 5.98. The molecule has 0 spiro atoms. The maximum absolute atomic E-state index is 13.2. The van der Waals surface area contributed by atoms with Crippen LogP contribution in [0.25, 0.3) is 0 Å². The zero-order valence-corrected chi connectivity index (χ0v) is 11.0. The van der Waals surface area contributed by atoms with Crippen LogP contribution in [0.3, 0.4) is 0 Å². The largest absolute Gasteiger partial charge is 0.418 e. The van der Waals surface area contributed by atoms with Gasteiger partial charge in [0, 0.05) is 18.3 Å². The van der Waals surface area contributed by atoms with Crippen molar-refractivity contribution < 1.29 is 22.4 Å². The molecule has 6 heteroatoms. The highest BCUT2D eigenvalue weighted by atomic mass is 19.4. The summed E-state index contributed by atoms with van der Waals surface area (Å²) in [6.07, 6.45) is -4.27. The zero-order valence-electron chi connectivity index (χ0n) is 11.0. The van der Waals surface area contributed by atoms with Crippen LogP contribution < -0.4 is 4.90 Å². The number of alkyl halides is 3. The third-order valence-corrected chi connectivity index (χ3v) is 3.02. The Hall–Kier alpha value is -2.37. The minimum absolute atomic E-state index is 0.0706. The van der Waals surface area contributed by atoms with Crippen molar-refractivity contribution in [3.05, 3.63) is 59.4 Å². The van der Waals surface area contributed by atoms with Gasteiger partial charge in [-0.3, -0.25) is 4.79 Å². The fourth-order valence-electron chi connectivity index (χ4n) is 1.97. The van der Waals surface area contributed by atoms with Crippen LogP contribution >= 0.6 is 0 Å². The minimum atomic E-state index is -4.62. The lowest BCUT2D eigenvalue weighted by molar-refractivity contribution is -0.137. The van der Waals surface area contributed by atoms with Gasteiger partial charge in [-0.1, -0.05) is 6.07 Å². The van der Waals surface area contributed by atoms with E-state index >= 15 is 0 Å². The topological polar surface area (TPSA) is 20.3 Å². The average Bonchev–Trinajstić information content (AvgIpc) is 2.45. The molecular formula is C15H11F4NO. The van der Waals surface area contributed by atoms with Crippen molar-refractivity contribution >= 4 is 17.7 Å². The first kappa shape index (κ1) is 15.0. The fraction of sp³-hybridized carbons (Fsp3) is 0.133. The zero-order chi connectivity index (χ0) is 15.6. The third kappa shape index (κ3) is 3.21. The summed E-state index contributed by atoms with van der Waals surface area (Å²) in [6.45, 7) is 0. The van der Waals surface area contributed by atoms with Crippen LogP contribution in [0.15, 0.2) is 42.5 Å². The van der Waals surface area contributed by atoms with Crippen molar-refractivity contribution in [1.82, 2.24) is 0 Å². The molecule has 0 aliphatic carbocycles. The maximum atomic E-state index is 13.2. The number of anilines is 2. The predicted octanol–water partition coefficient (Wildman–Crippen LogP) is 4.42. The molecule has 0 aliphatic rings. The maximum Gasteiger partial charge on any atom is 0.418 e. The van der Waals surface area contributed by atoms with E-state index in [0.29, 0.717) is 6.29 Å². The molecule has 0 atom stereocenters. The standard InChI is InChI=1S/C15H11F4NO/c1-20(12-4-2-3-11(16)8-12)14-6-5-10(9-21)7-13(14)15(17,18)19/h2-9H,1H3. The van der Waals surface area contributed by atoms with Gasteiger partial charge in [-0.25, -0.2) is 4.39 Å². The minimum Gasteiger partial charge on any atom is -0.344 e. The second-order valence-corrected chi connectivity index (χ2v) is 4.43. The predicted molar refractivity (Wildman–Crippen MR) is 71.3 cm³/mol. The van der Waals surface area contributed by atoms with Crippen molar-refractivity contribution in [2.24, 2.45) is 0 Å². The Morgan fingerprint density at radius 2 is 1.81 bits per heavy atom. The van der Waals surface area contributed by atoms with E-state index in [1.54, 1.807) is 0 Å². The van der Waals surface area contributed by atoms with E-state index in [-0.39, 0.29) is 16.9 Å². The monoisotopic (exact) mass is 297 g/mol. The molecule has 0 radical (unpaired) electrons. The molecule has 0 unspecified atom stereocenters. The van der Waals surface area contributed by atoms with Gasteiger partial charge in [0.05, 0.1) is 11.3 Å². The van der Waals surface area contributed by atoms with Crippen molar-refractivity contribution in [2.75, 3.05) is 11.9 Å². The van der Waals surface area contributed by atoms with Crippen LogP contribution in [0.1, 0.15) is 15.9 Å². The summed E-state index contributed by atoms with van der Waals surface area (Å²) in [5, 5.41) is 0. The van der Waals surface area contributed by atoms with E-state index in [1.807, 2.05) is 0 Å². The molecule has 0 amide bonds. The molecule has 0 saturated carbocycles. The highest BCUT2D eigenvalue weighted by Gasteiger charge is 2.35. The van der Waals surface area contributed by atoms with Crippen molar-refractivity contribution in [1.29, 1.82) is 0 Å². The van der Waals surface area contributed by atoms with Gasteiger partial charge in [0.1, 0.15) is 12.1 Å². The summed E-state index contributed by atoms with van der Waals surface area (Å²) < 4.78 is 52.5. The number of hydrogen-bond donors (Lipinski definition) is 0. The van der Waals surface area contributed by atoms with Gasteiger partial charge in [-0.05, 0) is 36.4 Å². The highest BCUT2D eigenvalue weighted by Crippen LogP contribution is 2.39. The van der Waals surface area contributed by atoms with Gasteiger partial charge < -0.3 is 4.90 Å². The average molecular weight is 297 g/mol. The molecule has 0 aliphatic heterocycles. The van der Waals surface area contributed by atoms with Crippen molar-refractivity contribution in [2.45, 2.75) is 6.18 Å². The van der Waals surface area contributed by atoms with Crippen molar-refractivity contribution in [3.8, 4) is 0 Å². The highest BCUT2D eigenvalue weighted by molar-refractivity contribution is 5.78. The van der Waals surface area contributed by atoms with Crippen molar-refractivity contribution in [3.63, 3.8) is 0 Å². The molecule has 21 heavy (non-hydrogen) atoms. The first-order valence-corrected chi connectivity index (χ1v) is 5.98. The molecule has 0 saturated heterocycles. The lowest BCUT2D eigenvalue weighted by Gasteiger charge is -2.24. The van der Waals surface area contributed by atoms with E-state index in [9.17, 15) is 22.4 Å². The third-order valence-electron chi connectivity index (χ3n) is 3.02. The Kier molecular flexibility index (Phi) is 3.97. The quantitative estimate of drug-likeness (QED) is 0.617. The van der Waals surface area contributed by atoms with Crippen LogP contribution in [0.2, 0.25) is 0 Å². The van der Waals surface area contributed by atoms with E-state index in [1.165, 1.54) is 42.3 Å². The molecule has 2 aromatic rings. The van der Waals surface area contributed by atoms with Gasteiger partial charge in [0.15, 0.2) is 0 Å². The summed E-state index contributed by atoms with van der Waals surface area (Å²) in [4.78, 5) is 11.9. The summed E-state index contributed by atoms with van der Waals surface area (Å²) in [5.41, 5.74) is -0.893. The molecule has 110 valence electrons. The first-order chi connectivity index (χ1) is 9.82. The molecule has 0 fully saturated rings. The molecule has 2 nitrogen and oxygen atoms in total. The van der Waals surface area contributed by atoms with Gasteiger partial charge >= 0.3 is 6.18 Å². The summed E-state index contributed by atoms with van der Waals surface area (Å²) in [6, 6.07) is 8.50. The molecule has 0 aromatic heterocycles. The van der Waals surface area contributed by atoms with Gasteiger partial charge in [0.25, 0.3) is 0 Å². The Morgan fingerprint density at radius 1 is 1.10 bits per heavy atom. The van der Waals surface area contributed by atoms with Crippen LogP contribution in [-0.2, 0) is 6.18 Å². The number of rotatable bonds is 3. The molecule has 0 heterocycles. The van der Waals surface area contributed by atoms with Crippen LogP contribution in [-0.4, -0.2) is 13.3 Å². The second kappa shape index (κ2) is 5.55. The van der Waals surface area contributed by atoms with E-state index in [2.05, 4.69) is 0 Å². The molecule has 0 bridgehead atoms. The van der Waals surface area contributed by atoms with Gasteiger partial charge in [-0.2, -0.15) is 13.2 Å². The lowest BCUT2D eigenvalue weighted by Crippen LogP contribution is -2.17. The smallest absolute Gasteiger partial charge is 0.344 e. The number of carbonyl (C=O) groups is 1. The van der Waals surface area contributed by atoms with Gasteiger partial charge in [0.2, 0.25) is 0 Å². The van der Waals surface area contributed by atoms with Crippen LogP contribution in [0.5, 0.6) is 0 Å². The van der Waals surface area contributed by atoms with E-state index in [0.717, 1.165) is 12.1 Å². The molecule has 2 rings (SSSR count). The van der Waals surface area contributed by atoms with Crippen LogP contribution in [0.4, 0.5) is 28.9 Å². The Morgan fingerprint density at radius 3 is 2.38 bits per heavy atom. The van der Waals surface area contributed by atoms with E-state index < -0.39 is 17.6 Å². The summed E-state index contributed by atoms with van der Waals surface area (Å²) in [5.74, 6) is -0.544. The number of halogens is 4. The lowest BCUT2D eigenvalue weighted by atomic mass is 10.1. The number of hydrogen-bond acceptors (Lipinski definition) is 2. The van der Waals surface area contributed by atoms with E-state index in [4.69, 9.17) is 0 Å². The molecular weight excluding hydrogens is 286 g/mol. The van der Waals surface area contributed by atoms with Gasteiger partial charge in [-0.15, -0.1) is 0 Å². The second-order valence-electron chi connectivity index (χ2n) is 4.43. The molecule has 0 N–H and O–H groups in total. The number of aldehydes is 1. The number of benzene rings is 2. The number of carbonyl (C=O) groups excluding carboxylic acids is 1. The SMILES string of the molecule is CN(c1cccc(F)c1)c1ccc(C=O)cc1C(F)(F)F. The fourth-order valence-corrected chi connectivity index (χ4v) is 1.97.